The maximum absolute atomic E-state index is 13.6. The first-order valence-electron chi connectivity index (χ1n) is 10.3. The Hall–Kier alpha value is -1.99. The van der Waals surface area contributed by atoms with E-state index in [1.165, 1.54) is 11.3 Å². The molecular formula is C23H29NO4S2. The third-order valence-electron chi connectivity index (χ3n) is 5.61. The van der Waals surface area contributed by atoms with Gasteiger partial charge in [-0.15, -0.1) is 11.3 Å². The zero-order valence-electron chi connectivity index (χ0n) is 17.7. The van der Waals surface area contributed by atoms with Crippen molar-refractivity contribution in [2.75, 3.05) is 16.9 Å². The van der Waals surface area contributed by atoms with Gasteiger partial charge in [0.2, 0.25) is 5.91 Å². The summed E-state index contributed by atoms with van der Waals surface area (Å²) < 4.78 is 5.14. The minimum atomic E-state index is -1.37. The van der Waals surface area contributed by atoms with Crippen molar-refractivity contribution in [3.8, 4) is 16.2 Å². The monoisotopic (exact) mass is 447 g/mol. The van der Waals surface area contributed by atoms with Crippen LogP contribution in [0.25, 0.3) is 10.4 Å². The number of carbonyl (C=O) groups is 2. The Morgan fingerprint density at radius 1 is 1.23 bits per heavy atom. The number of nitrogens with zero attached hydrogens (tertiary/aromatic N) is 1. The van der Waals surface area contributed by atoms with E-state index in [2.05, 4.69) is 6.92 Å². The highest BCUT2D eigenvalue weighted by molar-refractivity contribution is 7.98. The van der Waals surface area contributed by atoms with Crippen molar-refractivity contribution in [3.05, 3.63) is 36.4 Å². The lowest BCUT2D eigenvalue weighted by Crippen LogP contribution is -2.44. The highest BCUT2D eigenvalue weighted by atomic mass is 32.2. The van der Waals surface area contributed by atoms with Crippen LogP contribution in [0, 0.1) is 11.8 Å². The van der Waals surface area contributed by atoms with E-state index in [1.807, 2.05) is 43.5 Å². The van der Waals surface area contributed by atoms with E-state index in [4.69, 9.17) is 4.74 Å². The molecule has 1 unspecified atom stereocenters. The van der Waals surface area contributed by atoms with Crippen molar-refractivity contribution in [2.45, 2.75) is 45.6 Å². The molecule has 3 rings (SSSR count). The number of ether oxygens (including phenoxy) is 1. The molecule has 1 amide bonds. The molecule has 30 heavy (non-hydrogen) atoms. The van der Waals surface area contributed by atoms with E-state index in [0.29, 0.717) is 10.9 Å². The molecule has 1 aliphatic rings. The summed E-state index contributed by atoms with van der Waals surface area (Å²) >= 11 is 3.09. The number of hydrogen-bond acceptors (Lipinski definition) is 5. The number of benzene rings is 1. The zero-order valence-corrected chi connectivity index (χ0v) is 19.3. The van der Waals surface area contributed by atoms with Gasteiger partial charge < -0.3 is 9.84 Å². The summed E-state index contributed by atoms with van der Waals surface area (Å²) in [5, 5.41) is 9.87. The molecule has 1 saturated carbocycles. The van der Waals surface area contributed by atoms with Gasteiger partial charge in [-0.05, 0) is 50.3 Å². The fraction of sp³-hybridized carbons (Fsp3) is 0.478. The molecule has 7 heteroatoms. The Morgan fingerprint density at radius 2 is 1.90 bits per heavy atom. The molecule has 162 valence electrons. The van der Waals surface area contributed by atoms with E-state index in [9.17, 15) is 14.7 Å². The number of carboxylic acid groups (broad SMARTS) is 1. The number of thiophene rings is 1. The van der Waals surface area contributed by atoms with Crippen molar-refractivity contribution in [2.24, 2.45) is 11.8 Å². The first kappa shape index (κ1) is 22.7. The fourth-order valence-electron chi connectivity index (χ4n) is 3.98. The maximum atomic E-state index is 13.6. The molecule has 0 bridgehead atoms. The number of rotatable bonds is 7. The number of thioether (sulfide) groups is 1. The van der Waals surface area contributed by atoms with Crippen molar-refractivity contribution in [1.29, 1.82) is 0 Å². The van der Waals surface area contributed by atoms with Gasteiger partial charge in [-0.1, -0.05) is 37.3 Å². The largest absolute Gasteiger partial charge is 0.511 e. The van der Waals surface area contributed by atoms with Gasteiger partial charge in [-0.2, -0.15) is 11.8 Å². The van der Waals surface area contributed by atoms with Gasteiger partial charge in [-0.3, -0.25) is 9.69 Å². The minimum absolute atomic E-state index is 0.0227. The summed E-state index contributed by atoms with van der Waals surface area (Å²) in [6.45, 7) is 4.26. The highest BCUT2D eigenvalue weighted by Gasteiger charge is 2.34. The van der Waals surface area contributed by atoms with Crippen LogP contribution in [0.4, 0.5) is 9.80 Å². The highest BCUT2D eigenvalue weighted by Crippen LogP contribution is 2.45. The van der Waals surface area contributed by atoms with Crippen molar-refractivity contribution in [1.82, 2.24) is 0 Å². The van der Waals surface area contributed by atoms with E-state index in [1.54, 1.807) is 22.7 Å². The summed E-state index contributed by atoms with van der Waals surface area (Å²) in [5.41, 5.74) is 0.973. The summed E-state index contributed by atoms with van der Waals surface area (Å²) in [5.74, 6) is 1.71. The Balaban J connectivity index is 2.01. The molecule has 1 atom stereocenters. The molecule has 2 aromatic rings. The van der Waals surface area contributed by atoms with Gasteiger partial charge in [0.15, 0.2) is 5.75 Å². The van der Waals surface area contributed by atoms with Crippen LogP contribution in [0.15, 0.2) is 36.4 Å². The molecule has 1 aromatic heterocycles. The summed E-state index contributed by atoms with van der Waals surface area (Å²) in [7, 11) is 0. The molecule has 1 N–H and O–H groups in total. The molecule has 0 aliphatic heterocycles. The van der Waals surface area contributed by atoms with Crippen molar-refractivity contribution in [3.63, 3.8) is 0 Å². The van der Waals surface area contributed by atoms with Gasteiger partial charge in [0, 0.05) is 28.7 Å². The van der Waals surface area contributed by atoms with E-state index < -0.39 is 6.16 Å². The van der Waals surface area contributed by atoms with Gasteiger partial charge in [0.25, 0.3) is 0 Å². The molecule has 1 aromatic carbocycles. The Kier molecular flexibility index (Phi) is 7.83. The third-order valence-corrected chi connectivity index (χ3v) is 7.59. The second-order valence-electron chi connectivity index (χ2n) is 7.98. The molecule has 1 fully saturated rings. The molecule has 1 heterocycles. The van der Waals surface area contributed by atoms with Crippen LogP contribution >= 0.6 is 23.1 Å². The van der Waals surface area contributed by atoms with Gasteiger partial charge >= 0.3 is 6.16 Å². The molecule has 5 nitrogen and oxygen atoms in total. The van der Waals surface area contributed by atoms with Crippen LogP contribution in [0.3, 0.4) is 0 Å². The zero-order chi connectivity index (χ0) is 21.7. The quantitative estimate of drug-likeness (QED) is 0.499. The molecule has 0 radical (unpaired) electrons. The maximum Gasteiger partial charge on any atom is 0.511 e. The second kappa shape index (κ2) is 10.4. The normalized spacial score (nSPS) is 19.8. The second-order valence-corrected chi connectivity index (χ2v) is 9.92. The smallest absolute Gasteiger partial charge is 0.449 e. The minimum Gasteiger partial charge on any atom is -0.449 e. The fourth-order valence-corrected chi connectivity index (χ4v) is 5.81. The molecule has 0 saturated heterocycles. The molecule has 0 spiro atoms. The average Bonchev–Trinajstić information content (AvgIpc) is 3.12. The predicted molar refractivity (Wildman–Crippen MR) is 125 cm³/mol. The number of hydrogen-bond donors (Lipinski definition) is 1. The van der Waals surface area contributed by atoms with Gasteiger partial charge in [0.1, 0.15) is 5.00 Å². The summed E-state index contributed by atoms with van der Waals surface area (Å²) in [6.07, 6.45) is 4.52. The third kappa shape index (κ3) is 5.38. The van der Waals surface area contributed by atoms with Crippen molar-refractivity contribution >= 4 is 40.2 Å². The number of amides is 1. The lowest BCUT2D eigenvalue weighted by atomic mass is 9.82. The number of anilines is 1. The van der Waals surface area contributed by atoms with Crippen LogP contribution in [-0.2, 0) is 4.79 Å². The Morgan fingerprint density at radius 3 is 2.50 bits per heavy atom. The molecule has 1 aliphatic carbocycles. The van der Waals surface area contributed by atoms with E-state index >= 15 is 0 Å². The van der Waals surface area contributed by atoms with Crippen LogP contribution in [0.5, 0.6) is 5.75 Å². The van der Waals surface area contributed by atoms with E-state index in [0.717, 1.165) is 41.9 Å². The van der Waals surface area contributed by atoms with Crippen LogP contribution in [-0.4, -0.2) is 35.2 Å². The van der Waals surface area contributed by atoms with Gasteiger partial charge in [-0.25, -0.2) is 4.79 Å². The van der Waals surface area contributed by atoms with Crippen LogP contribution in [0.1, 0.15) is 39.5 Å². The lowest BCUT2D eigenvalue weighted by Gasteiger charge is -2.34. The summed E-state index contributed by atoms with van der Waals surface area (Å²) in [6, 6.07) is 11.4. The standard InChI is InChI=1S/C23H29NO4S2/c1-15-9-11-18(12-10-15)21(25)24(16(2)14-29-3)22-19(28-23(26)27)13-20(30-22)17-7-5-4-6-8-17/h4-8,13,15-16,18H,9-12,14H2,1-3H3,(H,26,27). The van der Waals surface area contributed by atoms with Crippen LogP contribution in [0.2, 0.25) is 0 Å². The lowest BCUT2D eigenvalue weighted by molar-refractivity contribution is -0.123. The van der Waals surface area contributed by atoms with Crippen LogP contribution < -0.4 is 9.64 Å². The Bertz CT molecular complexity index is 859. The van der Waals surface area contributed by atoms with Gasteiger partial charge in [0.05, 0.1) is 0 Å². The summed E-state index contributed by atoms with van der Waals surface area (Å²) in [4.78, 5) is 27.7. The first-order valence-corrected chi connectivity index (χ1v) is 12.5. The average molecular weight is 448 g/mol. The Labute approximate surface area is 186 Å². The van der Waals surface area contributed by atoms with Crippen molar-refractivity contribution < 1.29 is 19.4 Å². The van der Waals surface area contributed by atoms with E-state index in [-0.39, 0.29) is 23.6 Å². The first-order chi connectivity index (χ1) is 14.4. The topological polar surface area (TPSA) is 66.8 Å². The molecular weight excluding hydrogens is 418 g/mol. The predicted octanol–water partition coefficient (Wildman–Crippen LogP) is 6.38. The number of carbonyl (C=O) groups excluding carboxylic acids is 1. The SMILES string of the molecule is CSCC(C)N(C(=O)C1CCC(C)CC1)c1sc(-c2ccccc2)cc1OC(=O)O.